The van der Waals surface area contributed by atoms with Gasteiger partial charge in [0.15, 0.2) is 0 Å². The number of carbonyl (C=O) groups is 3. The van der Waals surface area contributed by atoms with Crippen LogP contribution >= 0.6 is 23.5 Å². The number of likely N-dealkylation sites (N-methyl/N-ethyl adjacent to an activating group) is 1. The lowest BCUT2D eigenvalue weighted by atomic mass is 10.0. The summed E-state index contributed by atoms with van der Waals surface area (Å²) in [5.74, 6) is 1.49. The van der Waals surface area contributed by atoms with Crippen molar-refractivity contribution >= 4 is 49.5 Å². The summed E-state index contributed by atoms with van der Waals surface area (Å²) < 4.78 is 10.9. The zero-order valence-corrected chi connectivity index (χ0v) is 30.3. The van der Waals surface area contributed by atoms with E-state index < -0.39 is 17.3 Å². The minimum Gasteiger partial charge on any atom is -0.444 e. The molecule has 2 aromatic carbocycles. The SMILES string of the molecule is BCC(=O)NC(CSc1cccc(C[C@H](C)NC(=O)OC(C)(C)C)c1)CSc1cccc(C[C@H](C)N(C)C(=O)OC(C)(C)C)c1. The average molecular weight is 658 g/mol. The minimum atomic E-state index is -0.538. The highest BCUT2D eigenvalue weighted by atomic mass is 32.2. The minimum absolute atomic E-state index is 0.0234. The number of nitrogens with one attached hydrogen (secondary N) is 2. The number of benzene rings is 2. The highest BCUT2D eigenvalue weighted by molar-refractivity contribution is 8.00. The number of thioether (sulfide) groups is 2. The average Bonchev–Trinajstić information content (AvgIpc) is 2.92. The molecule has 0 radical (unpaired) electrons. The topological polar surface area (TPSA) is 97.0 Å². The molecule has 3 atom stereocenters. The molecule has 0 bridgehead atoms. The molecule has 0 fully saturated rings. The monoisotopic (exact) mass is 657 g/mol. The van der Waals surface area contributed by atoms with Crippen molar-refractivity contribution in [3.63, 3.8) is 0 Å². The number of carbonyl (C=O) groups excluding carboxylic acids is 3. The van der Waals surface area contributed by atoms with Gasteiger partial charge in [0.05, 0.1) is 0 Å². The molecule has 0 aliphatic heterocycles. The maximum absolute atomic E-state index is 12.5. The number of amides is 3. The summed E-state index contributed by atoms with van der Waals surface area (Å²) in [6.45, 7) is 15.1. The molecular formula is C34H52BN3O5S2. The molecule has 2 rings (SSSR count). The van der Waals surface area contributed by atoms with Gasteiger partial charge < -0.3 is 25.0 Å². The fourth-order valence-corrected chi connectivity index (χ4v) is 6.44. The van der Waals surface area contributed by atoms with E-state index >= 15 is 0 Å². The second-order valence-corrected chi connectivity index (χ2v) is 15.6. The van der Waals surface area contributed by atoms with E-state index in [-0.39, 0.29) is 30.1 Å². The van der Waals surface area contributed by atoms with Crippen LogP contribution in [0.4, 0.5) is 9.59 Å². The molecule has 0 saturated heterocycles. The highest BCUT2D eigenvalue weighted by Gasteiger charge is 2.23. The van der Waals surface area contributed by atoms with Crippen LogP contribution in [-0.4, -0.2) is 78.7 Å². The Balaban J connectivity index is 1.98. The number of ether oxygens (including phenoxy) is 2. The van der Waals surface area contributed by atoms with Gasteiger partial charge in [-0.3, -0.25) is 4.79 Å². The van der Waals surface area contributed by atoms with Gasteiger partial charge in [0, 0.05) is 46.5 Å². The van der Waals surface area contributed by atoms with Crippen molar-refractivity contribution in [1.29, 1.82) is 0 Å². The summed E-state index contributed by atoms with van der Waals surface area (Å²) >= 11 is 3.43. The van der Waals surface area contributed by atoms with E-state index in [1.165, 1.54) is 0 Å². The molecular weight excluding hydrogens is 605 g/mol. The van der Waals surface area contributed by atoms with Crippen molar-refractivity contribution in [1.82, 2.24) is 15.5 Å². The first-order chi connectivity index (χ1) is 20.9. The summed E-state index contributed by atoms with van der Waals surface area (Å²) in [5, 5.41) is 6.09. The highest BCUT2D eigenvalue weighted by Crippen LogP contribution is 2.26. The Bertz CT molecular complexity index is 1260. The molecule has 8 nitrogen and oxygen atoms in total. The van der Waals surface area contributed by atoms with Crippen molar-refractivity contribution in [2.45, 2.75) is 114 Å². The van der Waals surface area contributed by atoms with Crippen LogP contribution in [0.3, 0.4) is 0 Å². The normalized spacial score (nSPS) is 13.7. The Kier molecular flexibility index (Phi) is 15.2. The third kappa shape index (κ3) is 15.9. The van der Waals surface area contributed by atoms with Crippen molar-refractivity contribution in [3.05, 3.63) is 59.7 Å². The number of nitrogens with zero attached hydrogens (tertiary/aromatic N) is 1. The molecule has 11 heteroatoms. The smallest absolute Gasteiger partial charge is 0.410 e. The first-order valence-corrected chi connectivity index (χ1v) is 17.6. The number of hydrogen-bond donors (Lipinski definition) is 2. The van der Waals surface area contributed by atoms with E-state index in [1.54, 1.807) is 35.5 Å². The van der Waals surface area contributed by atoms with Crippen LogP contribution in [0.2, 0.25) is 6.32 Å². The Labute approximate surface area is 279 Å². The van der Waals surface area contributed by atoms with E-state index in [4.69, 9.17) is 9.47 Å². The predicted molar refractivity (Wildman–Crippen MR) is 189 cm³/mol. The molecule has 0 aliphatic carbocycles. The van der Waals surface area contributed by atoms with Crippen LogP contribution in [-0.2, 0) is 27.1 Å². The zero-order valence-electron chi connectivity index (χ0n) is 28.7. The zero-order chi connectivity index (χ0) is 33.8. The molecule has 0 aliphatic rings. The van der Waals surface area contributed by atoms with Gasteiger partial charge in [0.1, 0.15) is 19.0 Å². The third-order valence-electron chi connectivity index (χ3n) is 6.56. The van der Waals surface area contributed by atoms with Crippen molar-refractivity contribution in [3.8, 4) is 0 Å². The maximum atomic E-state index is 12.5. The second kappa shape index (κ2) is 17.8. The van der Waals surface area contributed by atoms with Crippen LogP contribution in [0.25, 0.3) is 0 Å². The molecule has 2 N–H and O–H groups in total. The molecule has 0 spiro atoms. The lowest BCUT2D eigenvalue weighted by Gasteiger charge is -2.28. The molecule has 2 aromatic rings. The third-order valence-corrected chi connectivity index (χ3v) is 8.88. The van der Waals surface area contributed by atoms with Crippen LogP contribution in [0, 0.1) is 0 Å². The molecule has 0 saturated carbocycles. The molecule has 1 unspecified atom stereocenters. The predicted octanol–water partition coefficient (Wildman–Crippen LogP) is 6.36. The Morgan fingerprint density at radius 2 is 1.33 bits per heavy atom. The lowest BCUT2D eigenvalue weighted by Crippen LogP contribution is -2.40. The quantitative estimate of drug-likeness (QED) is 0.180. The lowest BCUT2D eigenvalue weighted by molar-refractivity contribution is -0.119. The Morgan fingerprint density at radius 3 is 1.82 bits per heavy atom. The standard InChI is InChI=1S/C34H52BN3O5S2/c1-23(36-31(40)42-33(3,4)5)16-25-12-10-14-28(18-25)44-21-27(37-30(39)20-35)22-45-29-15-11-13-26(19-29)17-24(2)38(9)32(41)43-34(6,7)8/h10-15,18-19,23-24,27H,16-17,20-22,35H2,1-9H3,(H,36,40)(H,37,39)/t23-,24-,27?/m0/s1. The molecule has 248 valence electrons. The van der Waals surface area contributed by atoms with Crippen LogP contribution in [0.15, 0.2) is 58.3 Å². The van der Waals surface area contributed by atoms with Gasteiger partial charge >= 0.3 is 12.2 Å². The summed E-state index contributed by atoms with van der Waals surface area (Å²) in [6.07, 6.45) is 1.08. The Hall–Kier alpha value is -2.79. The molecule has 45 heavy (non-hydrogen) atoms. The second-order valence-electron chi connectivity index (χ2n) is 13.4. The van der Waals surface area contributed by atoms with Gasteiger partial charge in [0.25, 0.3) is 0 Å². The van der Waals surface area contributed by atoms with Gasteiger partial charge in [-0.2, -0.15) is 0 Å². The molecule has 3 amide bonds. The summed E-state index contributed by atoms with van der Waals surface area (Å²) in [7, 11) is 3.63. The van der Waals surface area contributed by atoms with Gasteiger partial charge in [0.2, 0.25) is 5.91 Å². The van der Waals surface area contributed by atoms with E-state index in [2.05, 4.69) is 47.0 Å². The van der Waals surface area contributed by atoms with E-state index in [9.17, 15) is 14.4 Å². The molecule has 0 aromatic heterocycles. The van der Waals surface area contributed by atoms with Gasteiger partial charge in [-0.15, -0.1) is 23.5 Å². The van der Waals surface area contributed by atoms with Crippen LogP contribution < -0.4 is 10.6 Å². The van der Waals surface area contributed by atoms with Gasteiger partial charge in [-0.25, -0.2) is 9.59 Å². The number of rotatable bonds is 14. The summed E-state index contributed by atoms with van der Waals surface area (Å²) in [6, 6.07) is 16.5. The van der Waals surface area contributed by atoms with Crippen LogP contribution in [0.1, 0.15) is 66.5 Å². The van der Waals surface area contributed by atoms with Gasteiger partial charge in [-0.05, 0) is 110 Å². The fourth-order valence-electron chi connectivity index (χ4n) is 4.28. The number of hydrogen-bond acceptors (Lipinski definition) is 7. The maximum Gasteiger partial charge on any atom is 0.410 e. The van der Waals surface area contributed by atoms with Crippen molar-refractivity contribution in [2.75, 3.05) is 18.6 Å². The van der Waals surface area contributed by atoms with E-state index in [1.807, 2.05) is 75.4 Å². The largest absolute Gasteiger partial charge is 0.444 e. The summed E-state index contributed by atoms with van der Waals surface area (Å²) in [4.78, 5) is 40.9. The van der Waals surface area contributed by atoms with E-state index in [0.717, 1.165) is 32.4 Å². The fraction of sp³-hybridized carbons (Fsp3) is 0.559. The van der Waals surface area contributed by atoms with Crippen molar-refractivity contribution < 1.29 is 23.9 Å². The van der Waals surface area contributed by atoms with Crippen molar-refractivity contribution in [2.24, 2.45) is 0 Å². The first kappa shape index (κ1) is 38.4. The first-order valence-electron chi connectivity index (χ1n) is 15.6. The number of alkyl carbamates (subject to hydrolysis) is 1. The summed E-state index contributed by atoms with van der Waals surface area (Å²) in [5.41, 5.74) is 1.18. The van der Waals surface area contributed by atoms with E-state index in [0.29, 0.717) is 19.2 Å². The molecule has 0 heterocycles. The Morgan fingerprint density at radius 1 is 0.822 bits per heavy atom. The van der Waals surface area contributed by atoms with Gasteiger partial charge in [-0.1, -0.05) is 24.3 Å². The van der Waals surface area contributed by atoms with Crippen LogP contribution in [0.5, 0.6) is 0 Å².